The zero-order valence-corrected chi connectivity index (χ0v) is 13.3. The summed E-state index contributed by atoms with van der Waals surface area (Å²) in [4.78, 5) is 3.57. The second-order valence-corrected chi connectivity index (χ2v) is 6.24. The summed E-state index contributed by atoms with van der Waals surface area (Å²) >= 11 is 1.75. The Labute approximate surface area is 130 Å². The fourth-order valence-electron chi connectivity index (χ4n) is 2.56. The van der Waals surface area contributed by atoms with Crippen LogP contribution in [0, 0.1) is 11.3 Å². The molecule has 0 spiro atoms. The zero-order chi connectivity index (χ0) is 15.2. The molecule has 2 unspecified atom stereocenters. The molecule has 1 aromatic heterocycles. The van der Waals surface area contributed by atoms with Crippen LogP contribution in [0.2, 0.25) is 0 Å². The monoisotopic (exact) mass is 299 g/mol. The van der Waals surface area contributed by atoms with Crippen molar-refractivity contribution in [3.05, 3.63) is 57.8 Å². The Balaban J connectivity index is 2.19. The van der Waals surface area contributed by atoms with E-state index in [9.17, 15) is 0 Å². The number of benzene rings is 1. The van der Waals surface area contributed by atoms with Crippen molar-refractivity contribution >= 4 is 11.3 Å². The summed E-state index contributed by atoms with van der Waals surface area (Å²) in [5.41, 5.74) is 8.17. The number of nitrogens with zero attached hydrogens (tertiary/aromatic N) is 2. The molecule has 0 bridgehead atoms. The van der Waals surface area contributed by atoms with E-state index in [1.165, 1.54) is 4.88 Å². The van der Waals surface area contributed by atoms with E-state index in [2.05, 4.69) is 48.5 Å². The van der Waals surface area contributed by atoms with Crippen LogP contribution in [0.3, 0.4) is 0 Å². The lowest BCUT2D eigenvalue weighted by atomic mass is 10.0. The second-order valence-electron chi connectivity index (χ2n) is 5.26. The lowest BCUT2D eigenvalue weighted by molar-refractivity contribution is 0.205. The highest BCUT2D eigenvalue weighted by atomic mass is 32.1. The maximum absolute atomic E-state index is 9.00. The summed E-state index contributed by atoms with van der Waals surface area (Å²) in [6.07, 6.45) is 0.936. The van der Waals surface area contributed by atoms with Crippen molar-refractivity contribution in [2.45, 2.75) is 32.0 Å². The third kappa shape index (κ3) is 3.92. The fourth-order valence-corrected chi connectivity index (χ4v) is 3.53. The number of hydrogen-bond acceptors (Lipinski definition) is 4. The number of thiophene rings is 1. The van der Waals surface area contributed by atoms with Gasteiger partial charge in [-0.3, -0.25) is 4.90 Å². The van der Waals surface area contributed by atoms with Crippen LogP contribution in [0.4, 0.5) is 0 Å². The van der Waals surface area contributed by atoms with Gasteiger partial charge in [0.2, 0.25) is 0 Å². The van der Waals surface area contributed by atoms with Gasteiger partial charge in [0.05, 0.1) is 17.7 Å². The van der Waals surface area contributed by atoms with Crippen molar-refractivity contribution in [3.8, 4) is 6.07 Å². The Morgan fingerprint density at radius 2 is 2.14 bits per heavy atom. The molecule has 3 nitrogen and oxygen atoms in total. The van der Waals surface area contributed by atoms with Crippen LogP contribution in [0.1, 0.15) is 35.4 Å². The van der Waals surface area contributed by atoms with E-state index >= 15 is 0 Å². The molecule has 0 radical (unpaired) electrons. The van der Waals surface area contributed by atoms with Gasteiger partial charge in [-0.05, 0) is 42.6 Å². The molecular weight excluding hydrogens is 278 g/mol. The second kappa shape index (κ2) is 7.37. The molecule has 21 heavy (non-hydrogen) atoms. The number of hydrogen-bond donors (Lipinski definition) is 1. The standard InChI is InChI=1S/C17H21N3S/c1-3-15(19)17(16-8-5-9-21-16)20(2)12-14-7-4-6-13(10-14)11-18/h4-10,15,17H,3,12,19H2,1-2H3. The van der Waals surface area contributed by atoms with Crippen LogP contribution in [0.25, 0.3) is 0 Å². The van der Waals surface area contributed by atoms with Crippen LogP contribution in [0.15, 0.2) is 41.8 Å². The molecule has 0 saturated heterocycles. The van der Waals surface area contributed by atoms with Crippen LogP contribution < -0.4 is 5.73 Å². The SMILES string of the molecule is CCC(N)C(c1cccs1)N(C)Cc1cccc(C#N)c1. The van der Waals surface area contributed by atoms with Gasteiger partial charge in [0.25, 0.3) is 0 Å². The van der Waals surface area contributed by atoms with Crippen molar-refractivity contribution in [3.63, 3.8) is 0 Å². The number of likely N-dealkylation sites (N-methyl/N-ethyl adjacent to an activating group) is 1. The smallest absolute Gasteiger partial charge is 0.0991 e. The molecular formula is C17H21N3S. The molecule has 4 heteroatoms. The quantitative estimate of drug-likeness (QED) is 0.887. The topological polar surface area (TPSA) is 53.0 Å². The summed E-state index contributed by atoms with van der Waals surface area (Å²) in [5, 5.41) is 11.1. The molecule has 0 fully saturated rings. The summed E-state index contributed by atoms with van der Waals surface area (Å²) in [5.74, 6) is 0. The minimum absolute atomic E-state index is 0.104. The van der Waals surface area contributed by atoms with Crippen molar-refractivity contribution in [2.75, 3.05) is 7.05 Å². The van der Waals surface area contributed by atoms with Gasteiger partial charge in [-0.25, -0.2) is 0 Å². The highest BCUT2D eigenvalue weighted by Gasteiger charge is 2.24. The van der Waals surface area contributed by atoms with Crippen LogP contribution in [0.5, 0.6) is 0 Å². The summed E-state index contributed by atoms with van der Waals surface area (Å²) in [6.45, 7) is 2.90. The Morgan fingerprint density at radius 1 is 1.33 bits per heavy atom. The number of nitrogens with two attached hydrogens (primary N) is 1. The van der Waals surface area contributed by atoms with Crippen molar-refractivity contribution in [1.82, 2.24) is 4.90 Å². The normalized spacial score (nSPS) is 13.9. The third-order valence-electron chi connectivity index (χ3n) is 3.67. The van der Waals surface area contributed by atoms with Gasteiger partial charge >= 0.3 is 0 Å². The first-order valence-corrected chi connectivity index (χ1v) is 8.02. The van der Waals surface area contributed by atoms with Crippen molar-refractivity contribution < 1.29 is 0 Å². The predicted octanol–water partition coefficient (Wildman–Crippen LogP) is 3.53. The van der Waals surface area contributed by atoms with Gasteiger partial charge in [-0.1, -0.05) is 25.1 Å². The van der Waals surface area contributed by atoms with E-state index in [-0.39, 0.29) is 12.1 Å². The van der Waals surface area contributed by atoms with E-state index in [1.54, 1.807) is 11.3 Å². The number of rotatable bonds is 6. The fraction of sp³-hybridized carbons (Fsp3) is 0.353. The van der Waals surface area contributed by atoms with Gasteiger partial charge in [-0.2, -0.15) is 5.26 Å². The molecule has 0 aliphatic carbocycles. The number of nitriles is 1. The molecule has 1 heterocycles. The largest absolute Gasteiger partial charge is 0.326 e. The van der Waals surface area contributed by atoms with E-state index in [4.69, 9.17) is 11.0 Å². The summed E-state index contributed by atoms with van der Waals surface area (Å²) in [6, 6.07) is 14.5. The summed E-state index contributed by atoms with van der Waals surface area (Å²) in [7, 11) is 2.10. The Bertz CT molecular complexity index is 601. The first-order valence-electron chi connectivity index (χ1n) is 7.14. The molecule has 2 aromatic rings. The maximum Gasteiger partial charge on any atom is 0.0991 e. The molecule has 2 atom stereocenters. The van der Waals surface area contributed by atoms with Gasteiger partial charge in [0.15, 0.2) is 0 Å². The van der Waals surface area contributed by atoms with Gasteiger partial charge in [-0.15, -0.1) is 11.3 Å². The molecule has 0 saturated carbocycles. The molecule has 1 aromatic carbocycles. The maximum atomic E-state index is 9.00. The van der Waals surface area contributed by atoms with Gasteiger partial charge < -0.3 is 5.73 Å². The molecule has 2 N–H and O–H groups in total. The first kappa shape index (κ1) is 15.7. The van der Waals surface area contributed by atoms with Crippen molar-refractivity contribution in [1.29, 1.82) is 5.26 Å². The van der Waals surface area contributed by atoms with E-state index in [0.717, 1.165) is 18.5 Å². The average Bonchev–Trinajstić information content (AvgIpc) is 3.01. The molecule has 2 rings (SSSR count). The van der Waals surface area contributed by atoms with Gasteiger partial charge in [0.1, 0.15) is 0 Å². The molecule has 0 amide bonds. The Morgan fingerprint density at radius 3 is 2.76 bits per heavy atom. The molecule has 0 aliphatic rings. The van der Waals surface area contributed by atoms with Crippen LogP contribution >= 0.6 is 11.3 Å². The van der Waals surface area contributed by atoms with Crippen LogP contribution in [-0.2, 0) is 6.54 Å². The third-order valence-corrected chi connectivity index (χ3v) is 4.62. The van der Waals surface area contributed by atoms with E-state index in [0.29, 0.717) is 5.56 Å². The minimum Gasteiger partial charge on any atom is -0.326 e. The Kier molecular flexibility index (Phi) is 5.51. The molecule has 110 valence electrons. The van der Waals surface area contributed by atoms with E-state index in [1.807, 2.05) is 18.2 Å². The van der Waals surface area contributed by atoms with Gasteiger partial charge in [0, 0.05) is 17.5 Å². The predicted molar refractivity (Wildman–Crippen MR) is 88.0 cm³/mol. The lowest BCUT2D eigenvalue weighted by Crippen LogP contribution is -2.38. The lowest BCUT2D eigenvalue weighted by Gasteiger charge is -2.31. The summed E-state index contributed by atoms with van der Waals surface area (Å²) < 4.78 is 0. The van der Waals surface area contributed by atoms with Crippen LogP contribution in [-0.4, -0.2) is 18.0 Å². The first-order chi connectivity index (χ1) is 10.2. The zero-order valence-electron chi connectivity index (χ0n) is 12.5. The van der Waals surface area contributed by atoms with Crippen molar-refractivity contribution in [2.24, 2.45) is 5.73 Å². The highest BCUT2D eigenvalue weighted by molar-refractivity contribution is 7.10. The Hall–Kier alpha value is -1.67. The molecule has 0 aliphatic heterocycles. The average molecular weight is 299 g/mol. The highest BCUT2D eigenvalue weighted by Crippen LogP contribution is 2.29. The van der Waals surface area contributed by atoms with E-state index < -0.39 is 0 Å². The minimum atomic E-state index is 0.104.